The summed E-state index contributed by atoms with van der Waals surface area (Å²) in [4.78, 5) is 0. The highest BCUT2D eigenvalue weighted by Gasteiger charge is 1.97. The maximum absolute atomic E-state index is 9.05. The Morgan fingerprint density at radius 2 is 2.36 bits per heavy atom. The molecule has 3 heteroatoms. The van der Waals surface area contributed by atoms with E-state index in [1.165, 1.54) is 5.69 Å². The van der Waals surface area contributed by atoms with Crippen LogP contribution in [0.5, 0.6) is 0 Å². The molecule has 14 heavy (non-hydrogen) atoms. The van der Waals surface area contributed by atoms with Gasteiger partial charge in [0.05, 0.1) is 6.10 Å². The van der Waals surface area contributed by atoms with Crippen LogP contribution in [0.1, 0.15) is 25.5 Å². The van der Waals surface area contributed by atoms with Gasteiger partial charge in [-0.3, -0.25) is 0 Å². The van der Waals surface area contributed by atoms with Crippen LogP contribution < -0.4 is 5.32 Å². The second kappa shape index (κ2) is 5.83. The number of aromatic nitrogens is 1. The van der Waals surface area contributed by atoms with Gasteiger partial charge < -0.3 is 15.0 Å². The van der Waals surface area contributed by atoms with Gasteiger partial charge in [-0.05, 0) is 38.4 Å². The summed E-state index contributed by atoms with van der Waals surface area (Å²) in [6, 6.07) is 4.16. The van der Waals surface area contributed by atoms with E-state index in [9.17, 15) is 0 Å². The molecule has 0 fully saturated rings. The van der Waals surface area contributed by atoms with Crippen molar-refractivity contribution in [3.8, 4) is 0 Å². The Bertz CT molecular complexity index is 256. The Balaban J connectivity index is 2.08. The van der Waals surface area contributed by atoms with Crippen molar-refractivity contribution in [1.29, 1.82) is 0 Å². The van der Waals surface area contributed by atoms with Gasteiger partial charge in [0.2, 0.25) is 0 Å². The van der Waals surface area contributed by atoms with E-state index in [2.05, 4.69) is 16.0 Å². The molecule has 1 heterocycles. The van der Waals surface area contributed by atoms with Gasteiger partial charge in [0.1, 0.15) is 0 Å². The fourth-order valence-electron chi connectivity index (χ4n) is 1.42. The van der Waals surface area contributed by atoms with Gasteiger partial charge in [-0.15, -0.1) is 0 Å². The van der Waals surface area contributed by atoms with Crippen LogP contribution in [-0.2, 0) is 13.6 Å². The Morgan fingerprint density at radius 1 is 1.57 bits per heavy atom. The van der Waals surface area contributed by atoms with Gasteiger partial charge in [-0.2, -0.15) is 0 Å². The van der Waals surface area contributed by atoms with Gasteiger partial charge in [-0.1, -0.05) is 0 Å². The first-order valence-corrected chi connectivity index (χ1v) is 5.19. The molecule has 1 aromatic heterocycles. The van der Waals surface area contributed by atoms with Crippen molar-refractivity contribution in [3.05, 3.63) is 24.0 Å². The number of nitrogens with zero attached hydrogens (tertiary/aromatic N) is 1. The van der Waals surface area contributed by atoms with E-state index in [-0.39, 0.29) is 6.10 Å². The van der Waals surface area contributed by atoms with E-state index in [0.29, 0.717) is 0 Å². The Morgan fingerprint density at radius 3 is 2.93 bits per heavy atom. The molecule has 1 rings (SSSR count). The maximum Gasteiger partial charge on any atom is 0.0512 e. The second-order valence-electron chi connectivity index (χ2n) is 3.78. The van der Waals surface area contributed by atoms with Crippen molar-refractivity contribution in [2.45, 2.75) is 32.4 Å². The molecule has 0 saturated carbocycles. The van der Waals surface area contributed by atoms with Gasteiger partial charge in [0, 0.05) is 25.5 Å². The topological polar surface area (TPSA) is 37.2 Å². The average Bonchev–Trinajstić information content (AvgIpc) is 2.51. The number of aryl methyl sites for hydroxylation is 1. The molecule has 80 valence electrons. The van der Waals surface area contributed by atoms with E-state index in [0.717, 1.165) is 25.9 Å². The number of hydrogen-bond donors (Lipinski definition) is 2. The summed E-state index contributed by atoms with van der Waals surface area (Å²) in [5.74, 6) is 0. The number of rotatable bonds is 6. The largest absolute Gasteiger partial charge is 0.393 e. The molecule has 1 unspecified atom stereocenters. The predicted molar refractivity (Wildman–Crippen MR) is 58.0 cm³/mol. The standard InChI is InChI=1S/C11H20N2O/c1-10(14)5-3-7-12-9-11-6-4-8-13(11)2/h4,6,8,10,12,14H,3,5,7,9H2,1-2H3. The molecule has 0 saturated heterocycles. The van der Waals surface area contributed by atoms with E-state index in [1.54, 1.807) is 0 Å². The SMILES string of the molecule is CC(O)CCCNCc1cccn1C. The van der Waals surface area contributed by atoms with Crippen LogP contribution in [0.25, 0.3) is 0 Å². The highest BCUT2D eigenvalue weighted by Crippen LogP contribution is 1.99. The fraction of sp³-hybridized carbons (Fsp3) is 0.636. The second-order valence-corrected chi connectivity index (χ2v) is 3.78. The van der Waals surface area contributed by atoms with Crippen LogP contribution in [0.15, 0.2) is 18.3 Å². The number of aliphatic hydroxyl groups is 1. The van der Waals surface area contributed by atoms with E-state index >= 15 is 0 Å². The molecule has 1 atom stereocenters. The van der Waals surface area contributed by atoms with Crippen molar-refractivity contribution < 1.29 is 5.11 Å². The highest BCUT2D eigenvalue weighted by atomic mass is 16.3. The average molecular weight is 196 g/mol. The third kappa shape index (κ3) is 3.94. The zero-order chi connectivity index (χ0) is 10.4. The molecular formula is C11H20N2O. The molecule has 0 amide bonds. The van der Waals surface area contributed by atoms with Crippen LogP contribution in [0.3, 0.4) is 0 Å². The Labute approximate surface area is 85.7 Å². The molecule has 0 radical (unpaired) electrons. The monoisotopic (exact) mass is 196 g/mol. The Kier molecular flexibility index (Phi) is 4.70. The normalized spacial score (nSPS) is 13.1. The van der Waals surface area contributed by atoms with E-state index < -0.39 is 0 Å². The summed E-state index contributed by atoms with van der Waals surface area (Å²) in [5, 5.41) is 12.4. The van der Waals surface area contributed by atoms with E-state index in [1.807, 2.05) is 26.2 Å². The smallest absolute Gasteiger partial charge is 0.0512 e. The summed E-state index contributed by atoms with van der Waals surface area (Å²) < 4.78 is 2.11. The summed E-state index contributed by atoms with van der Waals surface area (Å²) >= 11 is 0. The summed E-state index contributed by atoms with van der Waals surface area (Å²) in [6.07, 6.45) is 3.78. The molecule has 0 aliphatic heterocycles. The van der Waals surface area contributed by atoms with Crippen LogP contribution in [0, 0.1) is 0 Å². The maximum atomic E-state index is 9.05. The predicted octanol–water partition coefficient (Wildman–Crippen LogP) is 1.28. The molecule has 0 aromatic carbocycles. The molecule has 0 aliphatic rings. The third-order valence-electron chi connectivity index (χ3n) is 2.33. The van der Waals surface area contributed by atoms with E-state index in [4.69, 9.17) is 5.11 Å². The first kappa shape index (κ1) is 11.3. The zero-order valence-electron chi connectivity index (χ0n) is 9.03. The molecular weight excluding hydrogens is 176 g/mol. The van der Waals surface area contributed by atoms with Crippen LogP contribution in [0.4, 0.5) is 0 Å². The van der Waals surface area contributed by atoms with Crippen LogP contribution in [-0.4, -0.2) is 22.3 Å². The molecule has 1 aromatic rings. The van der Waals surface area contributed by atoms with Crippen molar-refractivity contribution in [1.82, 2.24) is 9.88 Å². The fourth-order valence-corrected chi connectivity index (χ4v) is 1.42. The van der Waals surface area contributed by atoms with Crippen LogP contribution >= 0.6 is 0 Å². The lowest BCUT2D eigenvalue weighted by Gasteiger charge is -2.07. The number of nitrogens with one attached hydrogen (secondary N) is 1. The van der Waals surface area contributed by atoms with Crippen molar-refractivity contribution >= 4 is 0 Å². The van der Waals surface area contributed by atoms with Gasteiger partial charge in [0.15, 0.2) is 0 Å². The first-order valence-electron chi connectivity index (χ1n) is 5.19. The quantitative estimate of drug-likeness (QED) is 0.672. The Hall–Kier alpha value is -0.800. The summed E-state index contributed by atoms with van der Waals surface area (Å²) in [5.41, 5.74) is 1.29. The van der Waals surface area contributed by atoms with Crippen LogP contribution in [0.2, 0.25) is 0 Å². The zero-order valence-corrected chi connectivity index (χ0v) is 9.03. The lowest BCUT2D eigenvalue weighted by Crippen LogP contribution is -2.17. The molecule has 0 spiro atoms. The lowest BCUT2D eigenvalue weighted by molar-refractivity contribution is 0.181. The summed E-state index contributed by atoms with van der Waals surface area (Å²) in [7, 11) is 2.05. The molecule has 2 N–H and O–H groups in total. The van der Waals surface area contributed by atoms with Crippen molar-refractivity contribution in [2.75, 3.05) is 6.54 Å². The minimum atomic E-state index is -0.174. The lowest BCUT2D eigenvalue weighted by atomic mass is 10.2. The number of aliphatic hydroxyl groups excluding tert-OH is 1. The first-order chi connectivity index (χ1) is 6.70. The highest BCUT2D eigenvalue weighted by molar-refractivity contribution is 5.05. The minimum absolute atomic E-state index is 0.174. The minimum Gasteiger partial charge on any atom is -0.393 e. The van der Waals surface area contributed by atoms with Gasteiger partial charge in [0.25, 0.3) is 0 Å². The van der Waals surface area contributed by atoms with Crippen molar-refractivity contribution in [2.24, 2.45) is 7.05 Å². The molecule has 3 nitrogen and oxygen atoms in total. The molecule has 0 bridgehead atoms. The van der Waals surface area contributed by atoms with Gasteiger partial charge in [-0.25, -0.2) is 0 Å². The van der Waals surface area contributed by atoms with Gasteiger partial charge >= 0.3 is 0 Å². The van der Waals surface area contributed by atoms with Crippen molar-refractivity contribution in [3.63, 3.8) is 0 Å². The molecule has 0 aliphatic carbocycles. The third-order valence-corrected chi connectivity index (χ3v) is 2.33. The summed E-state index contributed by atoms with van der Waals surface area (Å²) in [6.45, 7) is 3.70. The number of hydrogen-bond acceptors (Lipinski definition) is 2.